The molecule has 9 heteroatoms. The number of phenols is 1. The number of aromatic nitrogens is 3. The summed E-state index contributed by atoms with van der Waals surface area (Å²) in [5.74, 6) is 0.545. The molecule has 2 N–H and O–H groups in total. The highest BCUT2D eigenvalue weighted by Gasteiger charge is 2.17. The highest BCUT2D eigenvalue weighted by atomic mass is 32.1. The molecule has 2 heterocycles. The number of hydrogen-bond donors (Lipinski definition) is 3. The summed E-state index contributed by atoms with van der Waals surface area (Å²) in [6.45, 7) is 2.22. The first-order valence-corrected chi connectivity index (χ1v) is 8.21. The van der Waals surface area contributed by atoms with Gasteiger partial charge in [-0.25, -0.2) is 19.7 Å². The number of ether oxygens (including phenoxy) is 1. The Kier molecular flexibility index (Phi) is 5.08. The van der Waals surface area contributed by atoms with E-state index < -0.39 is 6.03 Å². The van der Waals surface area contributed by atoms with Gasteiger partial charge in [-0.15, -0.1) is 0 Å². The van der Waals surface area contributed by atoms with Gasteiger partial charge in [0.25, 0.3) is 0 Å². The first-order chi connectivity index (χ1) is 12.5. The first kappa shape index (κ1) is 17.7. The van der Waals surface area contributed by atoms with Crippen LogP contribution in [0.2, 0.25) is 0 Å². The topological polar surface area (TPSA) is 100 Å². The Hall–Kier alpha value is -3.07. The monoisotopic (exact) mass is 371 g/mol. The van der Waals surface area contributed by atoms with E-state index >= 15 is 0 Å². The van der Waals surface area contributed by atoms with Crippen LogP contribution in [0.15, 0.2) is 36.5 Å². The number of pyridine rings is 1. The van der Waals surface area contributed by atoms with Crippen LogP contribution < -0.4 is 10.1 Å². The van der Waals surface area contributed by atoms with Gasteiger partial charge in [-0.3, -0.25) is 9.62 Å². The van der Waals surface area contributed by atoms with Gasteiger partial charge in [0.1, 0.15) is 11.2 Å². The van der Waals surface area contributed by atoms with Crippen LogP contribution in [0.1, 0.15) is 6.92 Å². The molecule has 0 aliphatic rings. The lowest BCUT2D eigenvalue weighted by Crippen LogP contribution is -2.27. The fourth-order valence-corrected chi connectivity index (χ4v) is 2.37. The highest BCUT2D eigenvalue weighted by Crippen LogP contribution is 2.34. The molecule has 2 amide bonds. The maximum atomic E-state index is 12.2. The number of aromatic hydroxyl groups is 1. The standard InChI is InChI=1S/C17H17N5O3S/c1-3-22(26)17(24)21-16-14(10-6-7-12(23)13(9-10)25-2)20-15-11(19-16)5-4-8-18-15/h4-9,23,26H,3H2,1-2H3,(H,19,21,24). The molecule has 8 nitrogen and oxygen atoms in total. The van der Waals surface area contributed by atoms with Crippen LogP contribution in [0.25, 0.3) is 22.4 Å². The minimum atomic E-state index is -0.430. The zero-order valence-corrected chi connectivity index (χ0v) is 15.1. The molecule has 3 rings (SSSR count). The van der Waals surface area contributed by atoms with Crippen LogP contribution in [-0.2, 0) is 0 Å². The maximum absolute atomic E-state index is 12.2. The quantitative estimate of drug-likeness (QED) is 0.609. The van der Waals surface area contributed by atoms with E-state index in [0.717, 1.165) is 0 Å². The Morgan fingerprint density at radius 1 is 1.35 bits per heavy atom. The van der Waals surface area contributed by atoms with E-state index in [1.807, 2.05) is 0 Å². The first-order valence-electron chi connectivity index (χ1n) is 7.81. The van der Waals surface area contributed by atoms with E-state index in [9.17, 15) is 9.90 Å². The Balaban J connectivity index is 2.15. The van der Waals surface area contributed by atoms with E-state index in [4.69, 9.17) is 4.74 Å². The number of anilines is 1. The number of amides is 2. The van der Waals surface area contributed by atoms with E-state index in [0.29, 0.717) is 29.0 Å². The minimum absolute atomic E-state index is 0.00113. The van der Waals surface area contributed by atoms with Gasteiger partial charge >= 0.3 is 6.03 Å². The summed E-state index contributed by atoms with van der Waals surface area (Å²) in [5, 5.41) is 12.5. The lowest BCUT2D eigenvalue weighted by atomic mass is 10.1. The van der Waals surface area contributed by atoms with Crippen LogP contribution >= 0.6 is 12.8 Å². The molecule has 1 aromatic carbocycles. The van der Waals surface area contributed by atoms with Crippen LogP contribution in [0.5, 0.6) is 11.5 Å². The van der Waals surface area contributed by atoms with Crippen molar-refractivity contribution in [2.45, 2.75) is 6.92 Å². The molecule has 0 aliphatic heterocycles. The van der Waals surface area contributed by atoms with Crippen molar-refractivity contribution in [3.63, 3.8) is 0 Å². The predicted octanol–water partition coefficient (Wildman–Crippen LogP) is 3.10. The van der Waals surface area contributed by atoms with Crippen molar-refractivity contribution in [1.29, 1.82) is 0 Å². The third-order valence-electron chi connectivity index (χ3n) is 3.65. The molecule has 0 spiro atoms. The Morgan fingerprint density at radius 3 is 2.88 bits per heavy atom. The summed E-state index contributed by atoms with van der Waals surface area (Å²) in [6, 6.07) is 7.82. The Morgan fingerprint density at radius 2 is 2.15 bits per heavy atom. The number of rotatable bonds is 4. The molecule has 0 saturated heterocycles. The fraction of sp³-hybridized carbons (Fsp3) is 0.176. The number of hydrogen-bond acceptors (Lipinski definition) is 7. The number of urea groups is 1. The van der Waals surface area contributed by atoms with Gasteiger partial charge in [0.2, 0.25) is 0 Å². The predicted molar refractivity (Wildman–Crippen MR) is 101 cm³/mol. The lowest BCUT2D eigenvalue weighted by molar-refractivity contribution is 0.240. The second-order valence-corrected chi connectivity index (χ2v) is 5.78. The molecule has 2 aromatic heterocycles. The van der Waals surface area contributed by atoms with E-state index in [2.05, 4.69) is 33.1 Å². The third kappa shape index (κ3) is 3.47. The summed E-state index contributed by atoms with van der Waals surface area (Å²) in [6.07, 6.45) is 1.61. The zero-order chi connectivity index (χ0) is 18.7. The van der Waals surface area contributed by atoms with Crippen LogP contribution in [0.3, 0.4) is 0 Å². The summed E-state index contributed by atoms with van der Waals surface area (Å²) in [4.78, 5) is 25.4. The number of nitrogens with zero attached hydrogens (tertiary/aromatic N) is 4. The third-order valence-corrected chi connectivity index (χ3v) is 4.12. The van der Waals surface area contributed by atoms with Crippen molar-refractivity contribution in [3.8, 4) is 22.8 Å². The second-order valence-electron chi connectivity index (χ2n) is 5.30. The molecule has 134 valence electrons. The molecule has 0 bridgehead atoms. The summed E-state index contributed by atoms with van der Waals surface area (Å²) in [5.41, 5.74) is 1.99. The number of fused-ring (bicyclic) bond motifs is 1. The summed E-state index contributed by atoms with van der Waals surface area (Å²) >= 11 is 4.10. The van der Waals surface area contributed by atoms with Crippen LogP contribution in [-0.4, -0.2) is 44.0 Å². The van der Waals surface area contributed by atoms with Gasteiger partial charge in [-0.2, -0.15) is 0 Å². The SMILES string of the molecule is CCN(S)C(=O)Nc1nc2cccnc2nc1-c1ccc(O)c(OC)c1. The summed E-state index contributed by atoms with van der Waals surface area (Å²) < 4.78 is 6.37. The smallest absolute Gasteiger partial charge is 0.332 e. The molecule has 0 fully saturated rings. The van der Waals surface area contributed by atoms with Gasteiger partial charge < -0.3 is 9.84 Å². The van der Waals surface area contributed by atoms with E-state index in [1.54, 1.807) is 37.4 Å². The molecule has 0 saturated carbocycles. The number of phenolic OH excluding ortho intramolecular Hbond substituents is 1. The molecule has 0 atom stereocenters. The van der Waals surface area contributed by atoms with Crippen molar-refractivity contribution in [2.75, 3.05) is 19.0 Å². The summed E-state index contributed by atoms with van der Waals surface area (Å²) in [7, 11) is 1.45. The van der Waals surface area contributed by atoms with Crippen molar-refractivity contribution in [3.05, 3.63) is 36.5 Å². The second kappa shape index (κ2) is 7.44. The molecule has 0 radical (unpaired) electrons. The van der Waals surface area contributed by atoms with Gasteiger partial charge in [0.05, 0.1) is 7.11 Å². The molecule has 26 heavy (non-hydrogen) atoms. The Bertz CT molecular complexity index is 966. The fourth-order valence-electron chi connectivity index (χ4n) is 2.32. The number of methoxy groups -OCH3 is 1. The lowest BCUT2D eigenvalue weighted by Gasteiger charge is -2.16. The number of thiol groups is 1. The molecule has 0 aliphatic carbocycles. The normalized spacial score (nSPS) is 10.6. The van der Waals surface area contributed by atoms with Crippen molar-refractivity contribution in [1.82, 2.24) is 19.3 Å². The minimum Gasteiger partial charge on any atom is -0.504 e. The number of carbonyl (C=O) groups is 1. The van der Waals surface area contributed by atoms with Gasteiger partial charge in [0.15, 0.2) is 23.0 Å². The maximum Gasteiger partial charge on any atom is 0.332 e. The Labute approximate surface area is 155 Å². The van der Waals surface area contributed by atoms with Crippen LogP contribution in [0, 0.1) is 0 Å². The average Bonchev–Trinajstić information content (AvgIpc) is 2.67. The van der Waals surface area contributed by atoms with E-state index in [1.165, 1.54) is 17.5 Å². The number of carbonyl (C=O) groups excluding carboxylic acids is 1. The largest absolute Gasteiger partial charge is 0.504 e. The number of benzene rings is 1. The highest BCUT2D eigenvalue weighted by molar-refractivity contribution is 7.78. The van der Waals surface area contributed by atoms with Crippen LogP contribution in [0.4, 0.5) is 10.6 Å². The van der Waals surface area contributed by atoms with E-state index in [-0.39, 0.29) is 17.3 Å². The molecule has 3 aromatic rings. The average molecular weight is 371 g/mol. The molecular weight excluding hydrogens is 354 g/mol. The number of nitrogens with one attached hydrogen (secondary N) is 1. The zero-order valence-electron chi connectivity index (χ0n) is 14.2. The van der Waals surface area contributed by atoms with Crippen molar-refractivity contribution in [2.24, 2.45) is 0 Å². The van der Waals surface area contributed by atoms with Gasteiger partial charge in [0, 0.05) is 18.3 Å². The molecular formula is C17H17N5O3S. The van der Waals surface area contributed by atoms with Crippen molar-refractivity contribution >= 4 is 35.8 Å². The van der Waals surface area contributed by atoms with Gasteiger partial charge in [-0.1, -0.05) is 12.8 Å². The van der Waals surface area contributed by atoms with Crippen molar-refractivity contribution < 1.29 is 14.6 Å². The molecule has 0 unspecified atom stereocenters. The van der Waals surface area contributed by atoms with Gasteiger partial charge in [-0.05, 0) is 37.3 Å².